The van der Waals surface area contributed by atoms with E-state index in [0.29, 0.717) is 23.5 Å². The molecule has 144 valence electrons. The number of benzene rings is 1. The summed E-state index contributed by atoms with van der Waals surface area (Å²) in [6.07, 6.45) is 3.00. The Morgan fingerprint density at radius 2 is 1.75 bits per heavy atom. The van der Waals surface area contributed by atoms with Crippen molar-refractivity contribution in [3.8, 4) is 11.3 Å². The van der Waals surface area contributed by atoms with Crippen molar-refractivity contribution in [3.63, 3.8) is 0 Å². The van der Waals surface area contributed by atoms with Crippen LogP contribution in [0.15, 0.2) is 48.9 Å². The topological polar surface area (TPSA) is 102 Å². The lowest BCUT2D eigenvalue weighted by Crippen LogP contribution is -2.28. The summed E-state index contributed by atoms with van der Waals surface area (Å²) in [5, 5.41) is 9.66. The molecule has 3 rings (SSSR count). The van der Waals surface area contributed by atoms with Gasteiger partial charge in [-0.05, 0) is 38.1 Å². The summed E-state index contributed by atoms with van der Waals surface area (Å²) < 4.78 is 1.63. The van der Waals surface area contributed by atoms with E-state index in [9.17, 15) is 9.59 Å². The van der Waals surface area contributed by atoms with Crippen LogP contribution in [0.25, 0.3) is 11.3 Å². The van der Waals surface area contributed by atoms with Crippen LogP contribution in [0.3, 0.4) is 0 Å². The second-order valence-electron chi connectivity index (χ2n) is 6.31. The van der Waals surface area contributed by atoms with E-state index >= 15 is 0 Å². The molecule has 0 aliphatic carbocycles. The van der Waals surface area contributed by atoms with E-state index in [0.717, 1.165) is 11.3 Å². The van der Waals surface area contributed by atoms with E-state index in [-0.39, 0.29) is 17.9 Å². The van der Waals surface area contributed by atoms with Gasteiger partial charge in [-0.15, -0.1) is 0 Å². The summed E-state index contributed by atoms with van der Waals surface area (Å²) in [7, 11) is 1.78. The molecule has 0 fully saturated rings. The summed E-state index contributed by atoms with van der Waals surface area (Å²) in [5.41, 5.74) is 2.64. The van der Waals surface area contributed by atoms with Gasteiger partial charge in [0.2, 0.25) is 0 Å². The molecule has 0 aliphatic rings. The number of aryl methyl sites for hydroxylation is 1. The fraction of sp³-hybridized carbons (Fsp3) is 0.250. The second-order valence-corrected chi connectivity index (χ2v) is 6.31. The summed E-state index contributed by atoms with van der Waals surface area (Å²) in [4.78, 5) is 32.7. The maximum absolute atomic E-state index is 12.5. The van der Waals surface area contributed by atoms with Crippen LogP contribution in [-0.4, -0.2) is 38.1 Å². The van der Waals surface area contributed by atoms with E-state index < -0.39 is 0 Å². The monoisotopic (exact) mass is 378 g/mol. The van der Waals surface area contributed by atoms with Gasteiger partial charge < -0.3 is 10.6 Å². The Labute approximate surface area is 163 Å². The normalized spacial score (nSPS) is 11.7. The number of carbonyl (C=O) groups is 2. The summed E-state index contributed by atoms with van der Waals surface area (Å²) >= 11 is 0. The number of rotatable bonds is 6. The van der Waals surface area contributed by atoms with Crippen LogP contribution < -0.4 is 10.6 Å². The average Bonchev–Trinajstić information content (AvgIpc) is 3.14. The first-order chi connectivity index (χ1) is 13.5. The molecule has 2 amide bonds. The molecule has 2 N–H and O–H groups in total. The Morgan fingerprint density at radius 1 is 1.04 bits per heavy atom. The number of carbonyl (C=O) groups excluding carboxylic acids is 2. The summed E-state index contributed by atoms with van der Waals surface area (Å²) in [6, 6.07) is 10.4. The molecule has 0 saturated carbocycles. The fourth-order valence-electron chi connectivity index (χ4n) is 2.80. The maximum Gasteiger partial charge on any atom is 0.252 e. The smallest absolute Gasteiger partial charge is 0.252 e. The molecule has 1 aromatic carbocycles. The van der Waals surface area contributed by atoms with Crippen LogP contribution in [0.4, 0.5) is 0 Å². The van der Waals surface area contributed by atoms with E-state index in [1.54, 1.807) is 42.2 Å². The molecule has 0 radical (unpaired) electrons. The average molecular weight is 378 g/mol. The molecular weight excluding hydrogens is 356 g/mol. The number of hydrogen-bond acceptors (Lipinski definition) is 5. The first-order valence-electron chi connectivity index (χ1n) is 8.99. The van der Waals surface area contributed by atoms with Crippen molar-refractivity contribution in [1.82, 2.24) is 30.4 Å². The number of hydrogen-bond donors (Lipinski definition) is 2. The lowest BCUT2D eigenvalue weighted by molar-refractivity contribution is 0.0934. The molecule has 8 heteroatoms. The zero-order valence-corrected chi connectivity index (χ0v) is 16.0. The predicted molar refractivity (Wildman–Crippen MR) is 105 cm³/mol. The molecule has 2 aromatic heterocycles. The standard InChI is InChI=1S/C20H22N6O2/c1-4-21-19(27)16-9-10-17(22-11-16)14-5-7-15(8-6-14)20(28)25-13(2)18-23-12-24-26(18)3/h5-13H,4H2,1-3H3,(H,21,27)(H,25,28). The van der Waals surface area contributed by atoms with Gasteiger partial charge in [0.15, 0.2) is 0 Å². The highest BCUT2D eigenvalue weighted by molar-refractivity contribution is 5.95. The first kappa shape index (κ1) is 19.2. The zero-order chi connectivity index (χ0) is 20.1. The molecule has 28 heavy (non-hydrogen) atoms. The minimum atomic E-state index is -0.261. The Morgan fingerprint density at radius 3 is 2.32 bits per heavy atom. The number of nitrogens with one attached hydrogen (secondary N) is 2. The van der Waals surface area contributed by atoms with Crippen LogP contribution in [0.1, 0.15) is 46.4 Å². The highest BCUT2D eigenvalue weighted by atomic mass is 16.2. The van der Waals surface area contributed by atoms with Gasteiger partial charge in [-0.1, -0.05) is 12.1 Å². The molecular formula is C20H22N6O2. The van der Waals surface area contributed by atoms with Gasteiger partial charge in [0.05, 0.1) is 17.3 Å². The molecule has 3 aromatic rings. The largest absolute Gasteiger partial charge is 0.352 e. The summed E-state index contributed by atoms with van der Waals surface area (Å²) in [6.45, 7) is 4.29. The lowest BCUT2D eigenvalue weighted by atomic mass is 10.1. The lowest BCUT2D eigenvalue weighted by Gasteiger charge is -2.13. The van der Waals surface area contributed by atoms with Crippen molar-refractivity contribution in [1.29, 1.82) is 0 Å². The van der Waals surface area contributed by atoms with E-state index in [4.69, 9.17) is 0 Å². The highest BCUT2D eigenvalue weighted by Gasteiger charge is 2.15. The molecule has 2 heterocycles. The third-order valence-corrected chi connectivity index (χ3v) is 4.29. The van der Waals surface area contributed by atoms with Gasteiger partial charge in [0.1, 0.15) is 12.2 Å². The number of pyridine rings is 1. The fourth-order valence-corrected chi connectivity index (χ4v) is 2.80. The van der Waals surface area contributed by atoms with Crippen molar-refractivity contribution in [3.05, 3.63) is 65.9 Å². The Kier molecular flexibility index (Phi) is 5.78. The molecule has 8 nitrogen and oxygen atoms in total. The maximum atomic E-state index is 12.5. The number of aromatic nitrogens is 4. The minimum Gasteiger partial charge on any atom is -0.352 e. The van der Waals surface area contributed by atoms with Crippen molar-refractivity contribution in [2.24, 2.45) is 7.05 Å². The molecule has 0 aliphatic heterocycles. The Balaban J connectivity index is 1.68. The van der Waals surface area contributed by atoms with Crippen molar-refractivity contribution in [2.45, 2.75) is 19.9 Å². The van der Waals surface area contributed by atoms with Crippen LogP contribution in [-0.2, 0) is 7.05 Å². The third kappa shape index (κ3) is 4.22. The SMILES string of the molecule is CCNC(=O)c1ccc(-c2ccc(C(=O)NC(C)c3ncnn3C)cc2)nc1. The molecule has 1 unspecified atom stereocenters. The minimum absolute atomic E-state index is 0.148. The quantitative estimate of drug-likeness (QED) is 0.684. The van der Waals surface area contributed by atoms with Gasteiger partial charge >= 0.3 is 0 Å². The van der Waals surface area contributed by atoms with Crippen molar-refractivity contribution < 1.29 is 9.59 Å². The second kappa shape index (κ2) is 8.43. The Hall–Kier alpha value is -3.55. The van der Waals surface area contributed by atoms with Crippen LogP contribution in [0, 0.1) is 0 Å². The first-order valence-corrected chi connectivity index (χ1v) is 8.99. The molecule has 1 atom stereocenters. The number of amides is 2. The van der Waals surface area contributed by atoms with Crippen LogP contribution in [0.5, 0.6) is 0 Å². The molecule has 0 saturated heterocycles. The third-order valence-electron chi connectivity index (χ3n) is 4.29. The van der Waals surface area contributed by atoms with Gasteiger partial charge in [0.25, 0.3) is 11.8 Å². The van der Waals surface area contributed by atoms with E-state index in [2.05, 4.69) is 25.7 Å². The van der Waals surface area contributed by atoms with E-state index in [1.807, 2.05) is 26.0 Å². The number of nitrogens with zero attached hydrogens (tertiary/aromatic N) is 4. The van der Waals surface area contributed by atoms with Gasteiger partial charge in [-0.2, -0.15) is 5.10 Å². The van der Waals surface area contributed by atoms with E-state index in [1.165, 1.54) is 6.33 Å². The van der Waals surface area contributed by atoms with Gasteiger partial charge in [-0.25, -0.2) is 4.98 Å². The highest BCUT2D eigenvalue weighted by Crippen LogP contribution is 2.18. The van der Waals surface area contributed by atoms with Gasteiger partial charge in [0, 0.05) is 30.9 Å². The van der Waals surface area contributed by atoms with Gasteiger partial charge in [-0.3, -0.25) is 19.3 Å². The Bertz CT molecular complexity index is 963. The molecule has 0 bridgehead atoms. The predicted octanol–water partition coefficient (Wildman–Crippen LogP) is 2.12. The zero-order valence-electron chi connectivity index (χ0n) is 16.0. The van der Waals surface area contributed by atoms with Crippen LogP contribution in [0.2, 0.25) is 0 Å². The van der Waals surface area contributed by atoms with Crippen molar-refractivity contribution in [2.75, 3.05) is 6.54 Å². The summed E-state index contributed by atoms with van der Waals surface area (Å²) in [5.74, 6) is 0.341. The molecule has 0 spiro atoms. The van der Waals surface area contributed by atoms with Crippen LogP contribution >= 0.6 is 0 Å². The van der Waals surface area contributed by atoms with Crippen molar-refractivity contribution >= 4 is 11.8 Å².